The number of hydrogen-bond donors (Lipinski definition) is 2. The van der Waals surface area contributed by atoms with Crippen LogP contribution >= 0.6 is 0 Å². The molecule has 0 atom stereocenters. The summed E-state index contributed by atoms with van der Waals surface area (Å²) >= 11 is 0. The summed E-state index contributed by atoms with van der Waals surface area (Å²) < 4.78 is 51.0. The Kier molecular flexibility index (Phi) is 5.24. The van der Waals surface area contributed by atoms with E-state index in [1.807, 2.05) is 0 Å². The van der Waals surface area contributed by atoms with E-state index in [4.69, 9.17) is 8.83 Å². The van der Waals surface area contributed by atoms with Crippen LogP contribution in [0.4, 0.5) is 19.1 Å². The van der Waals surface area contributed by atoms with Gasteiger partial charge in [-0.05, 0) is 42.5 Å². The fourth-order valence-electron chi connectivity index (χ4n) is 2.94. The molecule has 11 heteroatoms. The molecule has 0 aliphatic carbocycles. The number of hydrogen-bond acceptors (Lipinski definition) is 5. The van der Waals surface area contributed by atoms with Crippen molar-refractivity contribution in [1.29, 1.82) is 0 Å². The zero-order valence-electron chi connectivity index (χ0n) is 15.8. The highest BCUT2D eigenvalue weighted by Crippen LogP contribution is 2.32. The van der Waals surface area contributed by atoms with Crippen molar-refractivity contribution in [3.8, 4) is 0 Å². The standard InChI is InChI=1S/C20H15F3N4O4/c21-20(22,23)12-5-6-15-14(9-12)25-19(27(15)11-13-3-1-7-30-13)26-17(28)10-24-18(29)16-4-2-8-31-16/h1-9H,10-11H2,(H,24,29)(H,25,26,28). The zero-order valence-corrected chi connectivity index (χ0v) is 15.8. The molecule has 0 radical (unpaired) electrons. The average molecular weight is 432 g/mol. The van der Waals surface area contributed by atoms with E-state index in [0.29, 0.717) is 11.3 Å². The predicted molar refractivity (Wildman–Crippen MR) is 102 cm³/mol. The van der Waals surface area contributed by atoms with Gasteiger partial charge in [-0.3, -0.25) is 14.9 Å². The van der Waals surface area contributed by atoms with E-state index in [2.05, 4.69) is 15.6 Å². The van der Waals surface area contributed by atoms with Gasteiger partial charge >= 0.3 is 6.18 Å². The number of amides is 2. The molecule has 3 heterocycles. The molecule has 160 valence electrons. The summed E-state index contributed by atoms with van der Waals surface area (Å²) in [5.41, 5.74) is -0.429. The Morgan fingerprint density at radius 3 is 2.52 bits per heavy atom. The molecule has 3 aromatic heterocycles. The maximum absolute atomic E-state index is 13.1. The van der Waals surface area contributed by atoms with E-state index in [1.165, 1.54) is 35.3 Å². The minimum Gasteiger partial charge on any atom is -0.467 e. The molecule has 2 N–H and O–H groups in total. The molecular weight excluding hydrogens is 417 g/mol. The molecule has 4 aromatic rings. The third kappa shape index (κ3) is 4.44. The van der Waals surface area contributed by atoms with Gasteiger partial charge in [0, 0.05) is 0 Å². The summed E-state index contributed by atoms with van der Waals surface area (Å²) in [6, 6.07) is 9.45. The van der Waals surface area contributed by atoms with Crippen LogP contribution in [0.25, 0.3) is 11.0 Å². The maximum atomic E-state index is 13.1. The van der Waals surface area contributed by atoms with E-state index in [-0.39, 0.29) is 23.8 Å². The third-order valence-corrected chi connectivity index (χ3v) is 4.38. The van der Waals surface area contributed by atoms with Gasteiger partial charge in [0.25, 0.3) is 5.91 Å². The monoisotopic (exact) mass is 432 g/mol. The number of nitrogens with zero attached hydrogens (tertiary/aromatic N) is 2. The molecule has 0 aliphatic rings. The number of carbonyl (C=O) groups is 2. The van der Waals surface area contributed by atoms with E-state index >= 15 is 0 Å². The highest BCUT2D eigenvalue weighted by molar-refractivity contribution is 5.98. The first-order valence-electron chi connectivity index (χ1n) is 9.02. The minimum atomic E-state index is -4.53. The lowest BCUT2D eigenvalue weighted by Crippen LogP contribution is -2.33. The molecule has 0 bridgehead atoms. The molecule has 0 unspecified atom stereocenters. The number of alkyl halides is 3. The highest BCUT2D eigenvalue weighted by Gasteiger charge is 2.31. The van der Waals surface area contributed by atoms with Gasteiger partial charge in [0.15, 0.2) is 5.76 Å². The lowest BCUT2D eigenvalue weighted by atomic mass is 10.2. The minimum absolute atomic E-state index is 0.0166. The maximum Gasteiger partial charge on any atom is 0.416 e. The SMILES string of the molecule is O=C(CNC(=O)c1ccco1)Nc1nc2cc(C(F)(F)F)ccc2n1Cc1ccco1. The lowest BCUT2D eigenvalue weighted by Gasteiger charge is -2.10. The van der Waals surface area contributed by atoms with Crippen molar-refractivity contribution in [2.45, 2.75) is 12.7 Å². The number of carbonyl (C=O) groups excluding carboxylic acids is 2. The number of fused-ring (bicyclic) bond motifs is 1. The van der Waals surface area contributed by atoms with E-state index in [0.717, 1.165) is 12.1 Å². The lowest BCUT2D eigenvalue weighted by molar-refractivity contribution is -0.137. The van der Waals surface area contributed by atoms with Gasteiger partial charge < -0.3 is 18.7 Å². The first-order chi connectivity index (χ1) is 14.8. The Hall–Kier alpha value is -4.02. The predicted octanol–water partition coefficient (Wildman–Crippen LogP) is 3.66. The van der Waals surface area contributed by atoms with Gasteiger partial charge in [0.2, 0.25) is 11.9 Å². The number of benzene rings is 1. The van der Waals surface area contributed by atoms with Crippen LogP contribution in [0.1, 0.15) is 21.9 Å². The second-order valence-electron chi connectivity index (χ2n) is 6.51. The van der Waals surface area contributed by atoms with Gasteiger partial charge in [0.1, 0.15) is 5.76 Å². The fraction of sp³-hybridized carbons (Fsp3) is 0.150. The Bertz CT molecular complexity index is 1210. The number of rotatable bonds is 6. The summed E-state index contributed by atoms with van der Waals surface area (Å²) in [5, 5.41) is 4.90. The van der Waals surface area contributed by atoms with Crippen molar-refractivity contribution in [3.63, 3.8) is 0 Å². The molecule has 8 nitrogen and oxygen atoms in total. The summed E-state index contributed by atoms with van der Waals surface area (Å²) in [6.45, 7) is -0.263. The first-order valence-corrected chi connectivity index (χ1v) is 9.02. The topological polar surface area (TPSA) is 102 Å². The smallest absolute Gasteiger partial charge is 0.416 e. The fourth-order valence-corrected chi connectivity index (χ4v) is 2.94. The van der Waals surface area contributed by atoms with Gasteiger partial charge in [-0.15, -0.1) is 0 Å². The normalized spacial score (nSPS) is 11.6. The average Bonchev–Trinajstić information content (AvgIpc) is 3.48. The molecule has 0 aliphatic heterocycles. The van der Waals surface area contributed by atoms with Crippen LogP contribution in [0.2, 0.25) is 0 Å². The summed E-state index contributed by atoms with van der Waals surface area (Å²) in [6.07, 6.45) is -1.75. The number of aromatic nitrogens is 2. The molecule has 31 heavy (non-hydrogen) atoms. The van der Waals surface area contributed by atoms with E-state index in [1.54, 1.807) is 12.1 Å². The summed E-state index contributed by atoms with van der Waals surface area (Å²) in [5.74, 6) is -0.632. The largest absolute Gasteiger partial charge is 0.467 e. The first kappa shape index (κ1) is 20.3. The van der Waals surface area contributed by atoms with Gasteiger partial charge in [-0.2, -0.15) is 13.2 Å². The van der Waals surface area contributed by atoms with Crippen molar-refractivity contribution >= 4 is 28.8 Å². The van der Waals surface area contributed by atoms with Crippen molar-refractivity contribution in [2.75, 3.05) is 11.9 Å². The van der Waals surface area contributed by atoms with E-state index < -0.39 is 30.1 Å². The molecule has 4 rings (SSSR count). The molecule has 0 spiro atoms. The third-order valence-electron chi connectivity index (χ3n) is 4.38. The van der Waals surface area contributed by atoms with Crippen molar-refractivity contribution in [3.05, 3.63) is 72.1 Å². The highest BCUT2D eigenvalue weighted by atomic mass is 19.4. The quantitative estimate of drug-likeness (QED) is 0.484. The number of imidazole rings is 1. The van der Waals surface area contributed by atoms with Crippen LogP contribution in [0.15, 0.2) is 63.8 Å². The van der Waals surface area contributed by atoms with Crippen LogP contribution in [-0.4, -0.2) is 27.9 Å². The summed E-state index contributed by atoms with van der Waals surface area (Å²) in [4.78, 5) is 28.4. The molecule has 2 amide bonds. The Balaban J connectivity index is 1.58. The molecule has 0 saturated carbocycles. The number of furan rings is 2. The second kappa shape index (κ2) is 8.01. The Morgan fingerprint density at radius 2 is 1.84 bits per heavy atom. The molecular formula is C20H15F3N4O4. The second-order valence-corrected chi connectivity index (χ2v) is 6.51. The number of nitrogens with one attached hydrogen (secondary N) is 2. The zero-order chi connectivity index (χ0) is 22.0. The van der Waals surface area contributed by atoms with Gasteiger partial charge in [-0.1, -0.05) is 0 Å². The Morgan fingerprint density at radius 1 is 1.06 bits per heavy atom. The van der Waals surface area contributed by atoms with Crippen molar-refractivity contribution < 1.29 is 31.6 Å². The van der Waals surface area contributed by atoms with Crippen molar-refractivity contribution in [2.24, 2.45) is 0 Å². The van der Waals surface area contributed by atoms with Crippen LogP contribution in [0, 0.1) is 0 Å². The van der Waals surface area contributed by atoms with Crippen LogP contribution in [-0.2, 0) is 17.5 Å². The van der Waals surface area contributed by atoms with Crippen LogP contribution < -0.4 is 10.6 Å². The molecule has 0 fully saturated rings. The molecule has 1 aromatic carbocycles. The van der Waals surface area contributed by atoms with Crippen LogP contribution in [0.3, 0.4) is 0 Å². The molecule has 0 saturated heterocycles. The van der Waals surface area contributed by atoms with Gasteiger partial charge in [0.05, 0.1) is 42.2 Å². The Labute approximate surface area is 172 Å². The van der Waals surface area contributed by atoms with Gasteiger partial charge in [-0.25, -0.2) is 4.98 Å². The number of halogens is 3. The summed E-state index contributed by atoms with van der Waals surface area (Å²) in [7, 11) is 0. The van der Waals surface area contributed by atoms with Crippen molar-refractivity contribution in [1.82, 2.24) is 14.9 Å². The number of anilines is 1. The van der Waals surface area contributed by atoms with E-state index in [9.17, 15) is 22.8 Å². The van der Waals surface area contributed by atoms with Crippen LogP contribution in [0.5, 0.6) is 0 Å².